The number of nitrogens with zero attached hydrogens (tertiary/aromatic N) is 3. The zero-order valence-electron chi connectivity index (χ0n) is 15.8. The standard InChI is InChI=1S/C24H20ClN3S/c1-2-17-28-23(20-13-15-21(25)16-14-20)26-27-24(28)29-22(18-9-5-3-6-10-18)19-11-7-4-8-12-19/h2-16,22H,1,17H2. The quantitative estimate of drug-likeness (QED) is 0.248. The second-order valence-electron chi connectivity index (χ2n) is 6.53. The highest BCUT2D eigenvalue weighted by molar-refractivity contribution is 7.99. The third kappa shape index (κ3) is 4.44. The maximum absolute atomic E-state index is 6.05. The van der Waals surface area contributed by atoms with Crippen LogP contribution in [0, 0.1) is 0 Å². The number of thioether (sulfide) groups is 1. The minimum Gasteiger partial charge on any atom is -0.298 e. The summed E-state index contributed by atoms with van der Waals surface area (Å²) < 4.78 is 2.10. The van der Waals surface area contributed by atoms with Crippen molar-refractivity contribution in [2.75, 3.05) is 0 Å². The first-order valence-corrected chi connectivity index (χ1v) is 10.6. The van der Waals surface area contributed by atoms with Crippen molar-refractivity contribution in [1.29, 1.82) is 0 Å². The number of halogens is 1. The Kier molecular flexibility index (Phi) is 6.13. The van der Waals surface area contributed by atoms with Gasteiger partial charge in [-0.2, -0.15) is 0 Å². The predicted molar refractivity (Wildman–Crippen MR) is 121 cm³/mol. The molecule has 4 rings (SSSR count). The van der Waals surface area contributed by atoms with Crippen LogP contribution in [0.2, 0.25) is 5.02 Å². The Morgan fingerprint density at radius 1 is 0.862 bits per heavy atom. The lowest BCUT2D eigenvalue weighted by atomic mass is 10.0. The summed E-state index contributed by atoms with van der Waals surface area (Å²) in [7, 11) is 0. The number of benzene rings is 3. The molecule has 0 saturated heterocycles. The van der Waals surface area contributed by atoms with Crippen LogP contribution >= 0.6 is 23.4 Å². The Hall–Kier alpha value is -2.82. The number of hydrogen-bond donors (Lipinski definition) is 0. The number of aromatic nitrogens is 3. The largest absolute Gasteiger partial charge is 0.298 e. The van der Waals surface area contributed by atoms with Gasteiger partial charge in [0, 0.05) is 17.1 Å². The van der Waals surface area contributed by atoms with Crippen molar-refractivity contribution in [2.45, 2.75) is 17.0 Å². The van der Waals surface area contributed by atoms with Gasteiger partial charge in [-0.05, 0) is 35.4 Å². The van der Waals surface area contributed by atoms with Gasteiger partial charge in [0.2, 0.25) is 0 Å². The molecule has 0 radical (unpaired) electrons. The van der Waals surface area contributed by atoms with Gasteiger partial charge in [0.05, 0.1) is 5.25 Å². The molecule has 1 heterocycles. The van der Waals surface area contributed by atoms with Crippen LogP contribution in [0.4, 0.5) is 0 Å². The Morgan fingerprint density at radius 2 is 1.45 bits per heavy atom. The minimum atomic E-state index is 0.114. The molecule has 0 fully saturated rings. The zero-order chi connectivity index (χ0) is 20.1. The average Bonchev–Trinajstić information content (AvgIpc) is 3.16. The van der Waals surface area contributed by atoms with Crippen molar-refractivity contribution < 1.29 is 0 Å². The van der Waals surface area contributed by atoms with Crippen LogP contribution in [0.1, 0.15) is 16.4 Å². The Labute approximate surface area is 180 Å². The van der Waals surface area contributed by atoms with Gasteiger partial charge < -0.3 is 0 Å². The van der Waals surface area contributed by atoms with Crippen LogP contribution in [-0.2, 0) is 6.54 Å². The Balaban J connectivity index is 1.74. The first kappa shape index (κ1) is 19.5. The van der Waals surface area contributed by atoms with Gasteiger partial charge >= 0.3 is 0 Å². The van der Waals surface area contributed by atoms with Crippen LogP contribution in [0.3, 0.4) is 0 Å². The van der Waals surface area contributed by atoms with E-state index < -0.39 is 0 Å². The highest BCUT2D eigenvalue weighted by atomic mass is 35.5. The van der Waals surface area contributed by atoms with Crippen molar-refractivity contribution in [3.8, 4) is 11.4 Å². The number of hydrogen-bond acceptors (Lipinski definition) is 3. The molecule has 5 heteroatoms. The van der Waals surface area contributed by atoms with Gasteiger partial charge in [-0.3, -0.25) is 4.57 Å². The first-order valence-electron chi connectivity index (χ1n) is 9.33. The van der Waals surface area contributed by atoms with E-state index in [1.807, 2.05) is 42.5 Å². The van der Waals surface area contributed by atoms with Gasteiger partial charge in [0.15, 0.2) is 11.0 Å². The van der Waals surface area contributed by atoms with Crippen LogP contribution < -0.4 is 0 Å². The summed E-state index contributed by atoms with van der Waals surface area (Å²) in [5.74, 6) is 0.809. The van der Waals surface area contributed by atoms with Crippen LogP contribution in [0.15, 0.2) is 103 Å². The van der Waals surface area contributed by atoms with Gasteiger partial charge in [-0.15, -0.1) is 16.8 Å². The molecule has 0 N–H and O–H groups in total. The molecule has 0 aliphatic carbocycles. The topological polar surface area (TPSA) is 30.7 Å². The van der Waals surface area contributed by atoms with Crippen molar-refractivity contribution in [3.63, 3.8) is 0 Å². The first-order chi connectivity index (χ1) is 14.3. The van der Waals surface area contributed by atoms with E-state index >= 15 is 0 Å². The number of rotatable bonds is 7. The SMILES string of the molecule is C=CCn1c(SC(c2ccccc2)c2ccccc2)nnc1-c1ccc(Cl)cc1. The lowest BCUT2D eigenvalue weighted by molar-refractivity contribution is 0.729. The van der Waals surface area contributed by atoms with Gasteiger partial charge in [0.25, 0.3) is 0 Å². The molecule has 144 valence electrons. The monoisotopic (exact) mass is 417 g/mol. The molecule has 1 aromatic heterocycles. The van der Waals surface area contributed by atoms with E-state index in [-0.39, 0.29) is 5.25 Å². The molecule has 0 unspecified atom stereocenters. The van der Waals surface area contributed by atoms with Crippen molar-refractivity contribution in [1.82, 2.24) is 14.8 Å². The lowest BCUT2D eigenvalue weighted by Crippen LogP contribution is -2.03. The predicted octanol–water partition coefficient (Wildman–Crippen LogP) is 6.67. The molecule has 0 spiro atoms. The van der Waals surface area contributed by atoms with E-state index in [0.29, 0.717) is 11.6 Å². The molecule has 3 nitrogen and oxygen atoms in total. The molecule has 0 aliphatic heterocycles. The molecule has 0 aliphatic rings. The number of allylic oxidation sites excluding steroid dienone is 1. The second-order valence-corrected chi connectivity index (χ2v) is 8.04. The van der Waals surface area contributed by atoms with Gasteiger partial charge in [-0.25, -0.2) is 0 Å². The van der Waals surface area contributed by atoms with Crippen LogP contribution in [0.5, 0.6) is 0 Å². The molecule has 0 amide bonds. The molecule has 3 aromatic carbocycles. The molecule has 29 heavy (non-hydrogen) atoms. The van der Waals surface area contributed by atoms with Crippen LogP contribution in [-0.4, -0.2) is 14.8 Å². The highest BCUT2D eigenvalue weighted by Crippen LogP contribution is 2.40. The average molecular weight is 418 g/mol. The normalized spacial score (nSPS) is 11.0. The van der Waals surface area contributed by atoms with Gasteiger partial charge in [0.1, 0.15) is 0 Å². The highest BCUT2D eigenvalue weighted by Gasteiger charge is 2.21. The van der Waals surface area contributed by atoms with Crippen molar-refractivity contribution in [2.24, 2.45) is 0 Å². The summed E-state index contributed by atoms with van der Waals surface area (Å²) >= 11 is 7.74. The molecular weight excluding hydrogens is 398 g/mol. The van der Waals surface area contributed by atoms with E-state index in [9.17, 15) is 0 Å². The fourth-order valence-electron chi connectivity index (χ4n) is 3.17. The lowest BCUT2D eigenvalue weighted by Gasteiger charge is -2.18. The fraction of sp³-hybridized carbons (Fsp3) is 0.0833. The summed E-state index contributed by atoms with van der Waals surface area (Å²) in [5.41, 5.74) is 3.43. The van der Waals surface area contributed by atoms with E-state index in [0.717, 1.165) is 16.5 Å². The van der Waals surface area contributed by atoms with E-state index in [4.69, 9.17) is 11.6 Å². The summed E-state index contributed by atoms with van der Waals surface area (Å²) in [6.07, 6.45) is 1.87. The molecule has 0 bridgehead atoms. The summed E-state index contributed by atoms with van der Waals surface area (Å²) in [6, 6.07) is 28.6. The third-order valence-corrected chi connectivity index (χ3v) is 6.10. The van der Waals surface area contributed by atoms with E-state index in [1.165, 1.54) is 11.1 Å². The molecule has 4 aromatic rings. The summed E-state index contributed by atoms with van der Waals surface area (Å²) in [4.78, 5) is 0. The zero-order valence-corrected chi connectivity index (χ0v) is 17.4. The van der Waals surface area contributed by atoms with Crippen LogP contribution in [0.25, 0.3) is 11.4 Å². The van der Waals surface area contributed by atoms with E-state index in [2.05, 4.69) is 69.9 Å². The Morgan fingerprint density at radius 3 is 2.00 bits per heavy atom. The maximum atomic E-state index is 6.05. The summed E-state index contributed by atoms with van der Waals surface area (Å²) in [6.45, 7) is 4.54. The third-order valence-electron chi connectivity index (χ3n) is 4.56. The van der Waals surface area contributed by atoms with Crippen molar-refractivity contribution >= 4 is 23.4 Å². The smallest absolute Gasteiger partial charge is 0.192 e. The summed E-state index contributed by atoms with van der Waals surface area (Å²) in [5, 5.41) is 10.7. The second kappa shape index (κ2) is 9.12. The fourth-order valence-corrected chi connectivity index (χ4v) is 4.47. The molecular formula is C24H20ClN3S. The molecule has 0 atom stereocenters. The van der Waals surface area contributed by atoms with Gasteiger partial charge in [-0.1, -0.05) is 90.1 Å². The van der Waals surface area contributed by atoms with Crippen molar-refractivity contribution in [3.05, 3.63) is 114 Å². The molecule has 0 saturated carbocycles. The Bertz CT molecular complexity index is 1040. The minimum absolute atomic E-state index is 0.114. The maximum Gasteiger partial charge on any atom is 0.192 e. The van der Waals surface area contributed by atoms with E-state index in [1.54, 1.807) is 11.8 Å².